The number of rotatable bonds is 7. The number of hydrogen-bond acceptors (Lipinski definition) is 5. The van der Waals surface area contributed by atoms with Gasteiger partial charge in [-0.1, -0.05) is 17.7 Å². The van der Waals surface area contributed by atoms with E-state index < -0.39 is 10.0 Å². The minimum Gasteiger partial charge on any atom is -0.383 e. The summed E-state index contributed by atoms with van der Waals surface area (Å²) < 4.78 is 32.1. The van der Waals surface area contributed by atoms with Gasteiger partial charge in [-0.15, -0.1) is 0 Å². The van der Waals surface area contributed by atoms with E-state index in [4.69, 9.17) is 21.6 Å². The van der Waals surface area contributed by atoms with Crippen LogP contribution in [0.25, 0.3) is 0 Å². The Morgan fingerprint density at radius 3 is 2.75 bits per heavy atom. The number of halogens is 1. The molecule has 0 aliphatic rings. The Morgan fingerprint density at radius 2 is 2.17 bits per heavy atom. The molecule has 0 spiro atoms. The molecule has 6 nitrogen and oxygen atoms in total. The molecule has 0 N–H and O–H groups in total. The van der Waals surface area contributed by atoms with Gasteiger partial charge in [0.25, 0.3) is 0 Å². The van der Waals surface area contributed by atoms with Gasteiger partial charge < -0.3 is 4.74 Å². The van der Waals surface area contributed by atoms with Crippen LogP contribution in [0.1, 0.15) is 11.1 Å². The van der Waals surface area contributed by atoms with Crippen molar-refractivity contribution in [3.8, 4) is 6.07 Å². The number of nitriles is 1. The zero-order valence-electron chi connectivity index (χ0n) is 13.0. The monoisotopic (exact) mass is 365 g/mol. The fourth-order valence-corrected chi connectivity index (χ4v) is 3.79. The highest BCUT2D eigenvalue weighted by atomic mass is 35.5. The number of benzene rings is 1. The van der Waals surface area contributed by atoms with Gasteiger partial charge in [-0.3, -0.25) is 4.98 Å². The van der Waals surface area contributed by atoms with Crippen LogP contribution in [-0.4, -0.2) is 38.0 Å². The van der Waals surface area contributed by atoms with E-state index in [9.17, 15) is 8.42 Å². The summed E-state index contributed by atoms with van der Waals surface area (Å²) in [6, 6.07) is 9.52. The Balaban J connectivity index is 2.36. The van der Waals surface area contributed by atoms with Gasteiger partial charge in [-0.2, -0.15) is 9.57 Å². The number of hydrogen-bond donors (Lipinski definition) is 0. The minimum atomic E-state index is -3.79. The van der Waals surface area contributed by atoms with Crippen molar-refractivity contribution in [1.29, 1.82) is 5.26 Å². The lowest BCUT2D eigenvalue weighted by Gasteiger charge is -2.22. The zero-order chi connectivity index (χ0) is 17.6. The van der Waals surface area contributed by atoms with Gasteiger partial charge in [0.2, 0.25) is 10.0 Å². The van der Waals surface area contributed by atoms with E-state index in [0.29, 0.717) is 0 Å². The SMILES string of the molecule is COCCN(Cc1cccnc1)S(=O)(=O)c1ccc(C#N)c(Cl)c1. The van der Waals surface area contributed by atoms with Gasteiger partial charge in [0.1, 0.15) is 6.07 Å². The van der Waals surface area contributed by atoms with Crippen LogP contribution < -0.4 is 0 Å². The van der Waals surface area contributed by atoms with E-state index in [2.05, 4.69) is 4.98 Å². The molecule has 2 aromatic rings. The molecule has 0 saturated heterocycles. The normalized spacial score (nSPS) is 11.4. The predicted molar refractivity (Wildman–Crippen MR) is 89.9 cm³/mol. The maximum absolute atomic E-state index is 12.9. The van der Waals surface area contributed by atoms with Crippen LogP contribution in [0.5, 0.6) is 0 Å². The molecule has 2 rings (SSSR count). The predicted octanol–water partition coefficient (Wildman–Crippen LogP) is 2.44. The van der Waals surface area contributed by atoms with Crippen LogP contribution in [-0.2, 0) is 21.3 Å². The van der Waals surface area contributed by atoms with E-state index >= 15 is 0 Å². The summed E-state index contributed by atoms with van der Waals surface area (Å²) in [7, 11) is -2.28. The molecular formula is C16H16ClN3O3S. The highest BCUT2D eigenvalue weighted by Crippen LogP contribution is 2.24. The van der Waals surface area contributed by atoms with Crippen molar-refractivity contribution in [3.05, 3.63) is 58.9 Å². The third-order valence-electron chi connectivity index (χ3n) is 3.33. The van der Waals surface area contributed by atoms with Gasteiger partial charge in [0.05, 0.1) is 22.1 Å². The van der Waals surface area contributed by atoms with Crippen molar-refractivity contribution in [1.82, 2.24) is 9.29 Å². The second-order valence-electron chi connectivity index (χ2n) is 4.95. The molecule has 0 unspecified atom stereocenters. The van der Waals surface area contributed by atoms with Crippen molar-refractivity contribution in [2.24, 2.45) is 0 Å². The van der Waals surface area contributed by atoms with Gasteiger partial charge in [0, 0.05) is 32.6 Å². The van der Waals surface area contributed by atoms with Crippen LogP contribution in [0.3, 0.4) is 0 Å². The molecule has 0 aliphatic carbocycles. The average Bonchev–Trinajstić information content (AvgIpc) is 2.59. The number of aromatic nitrogens is 1. The molecule has 0 atom stereocenters. The smallest absolute Gasteiger partial charge is 0.243 e. The summed E-state index contributed by atoms with van der Waals surface area (Å²) in [5.74, 6) is 0. The number of methoxy groups -OCH3 is 1. The van der Waals surface area contributed by atoms with Gasteiger partial charge >= 0.3 is 0 Å². The van der Waals surface area contributed by atoms with E-state index in [1.165, 1.54) is 29.6 Å². The highest BCUT2D eigenvalue weighted by molar-refractivity contribution is 7.89. The second kappa shape index (κ2) is 8.22. The summed E-state index contributed by atoms with van der Waals surface area (Å²) in [6.07, 6.45) is 3.24. The Hall–Kier alpha value is -1.98. The average molecular weight is 366 g/mol. The largest absolute Gasteiger partial charge is 0.383 e. The number of pyridine rings is 1. The molecule has 1 heterocycles. The Bertz CT molecular complexity index is 835. The van der Waals surface area contributed by atoms with Crippen molar-refractivity contribution in [2.75, 3.05) is 20.3 Å². The van der Waals surface area contributed by atoms with Crippen molar-refractivity contribution < 1.29 is 13.2 Å². The van der Waals surface area contributed by atoms with E-state index in [1.54, 1.807) is 24.5 Å². The summed E-state index contributed by atoms with van der Waals surface area (Å²) in [5.41, 5.74) is 0.989. The topological polar surface area (TPSA) is 83.3 Å². The van der Waals surface area contributed by atoms with Gasteiger partial charge in [0.15, 0.2) is 0 Å². The standard InChI is InChI=1S/C16H16ClN3O3S/c1-23-8-7-20(12-13-3-2-6-19-11-13)24(21,22)15-5-4-14(10-18)16(17)9-15/h2-6,9,11H,7-8,12H2,1H3. The van der Waals surface area contributed by atoms with Crippen molar-refractivity contribution in [3.63, 3.8) is 0 Å². The molecule has 24 heavy (non-hydrogen) atoms. The maximum Gasteiger partial charge on any atom is 0.243 e. The first-order chi connectivity index (χ1) is 11.5. The molecule has 0 saturated carbocycles. The summed E-state index contributed by atoms with van der Waals surface area (Å²) in [4.78, 5) is 4.03. The first-order valence-electron chi connectivity index (χ1n) is 7.06. The van der Waals surface area contributed by atoms with Gasteiger partial charge in [-0.25, -0.2) is 8.42 Å². The quantitative estimate of drug-likeness (QED) is 0.752. The fraction of sp³-hybridized carbons (Fsp3) is 0.250. The lowest BCUT2D eigenvalue weighted by atomic mass is 10.2. The molecular weight excluding hydrogens is 350 g/mol. The number of sulfonamides is 1. The van der Waals surface area contributed by atoms with Crippen LogP contribution >= 0.6 is 11.6 Å². The molecule has 126 valence electrons. The first kappa shape index (κ1) is 18.4. The number of nitrogens with zero attached hydrogens (tertiary/aromatic N) is 3. The minimum absolute atomic E-state index is 0.0338. The van der Waals surface area contributed by atoms with Crippen LogP contribution in [0.4, 0.5) is 0 Å². The molecule has 0 bridgehead atoms. The number of ether oxygens (including phenoxy) is 1. The molecule has 0 amide bonds. The van der Waals surface area contributed by atoms with Crippen LogP contribution in [0.15, 0.2) is 47.6 Å². The molecule has 0 aliphatic heterocycles. The van der Waals surface area contributed by atoms with Crippen LogP contribution in [0.2, 0.25) is 5.02 Å². The van der Waals surface area contributed by atoms with E-state index in [0.717, 1.165) is 5.56 Å². The molecule has 0 radical (unpaired) electrons. The maximum atomic E-state index is 12.9. The third-order valence-corrected chi connectivity index (χ3v) is 5.48. The highest BCUT2D eigenvalue weighted by Gasteiger charge is 2.25. The third kappa shape index (κ3) is 4.30. The lowest BCUT2D eigenvalue weighted by molar-refractivity contribution is 0.177. The Kier molecular flexibility index (Phi) is 6.29. The van der Waals surface area contributed by atoms with Crippen LogP contribution in [0, 0.1) is 11.3 Å². The molecule has 8 heteroatoms. The molecule has 1 aromatic carbocycles. The Morgan fingerprint density at radius 1 is 1.38 bits per heavy atom. The molecule has 1 aromatic heterocycles. The summed E-state index contributed by atoms with van der Waals surface area (Å²) in [6.45, 7) is 0.603. The summed E-state index contributed by atoms with van der Waals surface area (Å²) >= 11 is 5.96. The van der Waals surface area contributed by atoms with Crippen molar-refractivity contribution >= 4 is 21.6 Å². The Labute approximate surface area is 146 Å². The van der Waals surface area contributed by atoms with Crippen molar-refractivity contribution in [2.45, 2.75) is 11.4 Å². The zero-order valence-corrected chi connectivity index (χ0v) is 14.6. The first-order valence-corrected chi connectivity index (χ1v) is 8.88. The lowest BCUT2D eigenvalue weighted by Crippen LogP contribution is -2.33. The second-order valence-corrected chi connectivity index (χ2v) is 7.29. The van der Waals surface area contributed by atoms with E-state index in [-0.39, 0.29) is 35.2 Å². The fourth-order valence-electron chi connectivity index (χ4n) is 2.07. The molecule has 0 fully saturated rings. The summed E-state index contributed by atoms with van der Waals surface area (Å²) in [5, 5.41) is 9.02. The van der Waals surface area contributed by atoms with E-state index in [1.807, 2.05) is 6.07 Å². The van der Waals surface area contributed by atoms with Gasteiger partial charge in [-0.05, 0) is 29.8 Å².